The van der Waals surface area contributed by atoms with E-state index in [2.05, 4.69) is 64.1 Å². The molecule has 2 unspecified atom stereocenters. The van der Waals surface area contributed by atoms with E-state index in [4.69, 9.17) is 19.5 Å². The van der Waals surface area contributed by atoms with Crippen LogP contribution in [0.25, 0.3) is 0 Å². The average Bonchev–Trinajstić information content (AvgIpc) is 3.55. The molecule has 3 aromatic carbocycles. The minimum Gasteiger partial charge on any atom is -0.873 e. The fourth-order valence-corrected chi connectivity index (χ4v) is 6.81. The topological polar surface area (TPSA) is 89.3 Å². The van der Waals surface area contributed by atoms with E-state index in [-0.39, 0.29) is 16.5 Å². The van der Waals surface area contributed by atoms with Crippen LogP contribution < -0.4 is 19.7 Å². The number of ether oxygens (including phenoxy) is 2. The van der Waals surface area contributed by atoms with Crippen molar-refractivity contribution in [2.24, 2.45) is 21.8 Å². The Labute approximate surface area is 286 Å². The number of para-hydroxylation sites is 2. The summed E-state index contributed by atoms with van der Waals surface area (Å²) in [5.41, 5.74) is 9.53. The van der Waals surface area contributed by atoms with E-state index < -0.39 is 22.3 Å². The summed E-state index contributed by atoms with van der Waals surface area (Å²) in [5, 5.41) is 25.0. The predicted octanol–water partition coefficient (Wildman–Crippen LogP) is 8.64. The first kappa shape index (κ1) is 37.2. The Hall–Kier alpha value is -3.31. The van der Waals surface area contributed by atoms with E-state index in [1.54, 1.807) is 0 Å². The molecule has 2 fully saturated rings. The van der Waals surface area contributed by atoms with Crippen molar-refractivity contribution in [1.29, 1.82) is 0 Å². The van der Waals surface area contributed by atoms with E-state index in [1.807, 2.05) is 41.5 Å². The number of rotatable bonds is 4. The van der Waals surface area contributed by atoms with Crippen LogP contribution in [0.4, 0.5) is 11.4 Å². The number of aliphatic imine (C=N–C) groups is 2. The van der Waals surface area contributed by atoms with Crippen molar-refractivity contribution in [3.8, 4) is 23.0 Å². The molecule has 0 saturated heterocycles. The van der Waals surface area contributed by atoms with E-state index in [0.29, 0.717) is 34.5 Å². The minimum atomic E-state index is -0.500. The molecule has 2 saturated carbocycles. The van der Waals surface area contributed by atoms with Crippen LogP contribution >= 0.6 is 0 Å². The van der Waals surface area contributed by atoms with Crippen molar-refractivity contribution in [3.05, 3.63) is 69.8 Å². The summed E-state index contributed by atoms with van der Waals surface area (Å²) in [6.07, 6.45) is 3.76. The molecule has 0 aromatic heterocycles. The van der Waals surface area contributed by atoms with Gasteiger partial charge in [0.2, 0.25) is 0 Å². The zero-order chi connectivity index (χ0) is 33.4. The molecular formula is C39H50N2NiO4. The molecule has 0 heterocycles. The number of fused-ring (bicyclic) bond motifs is 2. The van der Waals surface area contributed by atoms with Crippen LogP contribution in [0.2, 0.25) is 0 Å². The summed E-state index contributed by atoms with van der Waals surface area (Å²) < 4.78 is 10.8. The largest absolute Gasteiger partial charge is 2.00 e. The maximum absolute atomic E-state index is 12.5. The Morgan fingerprint density at radius 2 is 0.913 bits per heavy atom. The summed E-state index contributed by atoms with van der Waals surface area (Å²) >= 11 is 0. The number of methoxy groups -OCH3 is 2. The van der Waals surface area contributed by atoms with Crippen molar-refractivity contribution in [2.45, 2.75) is 99.3 Å². The molecule has 46 heavy (non-hydrogen) atoms. The number of hydrogen-bond donors (Lipinski definition) is 0. The number of hydrogen-bond acceptors (Lipinski definition) is 6. The van der Waals surface area contributed by atoms with Gasteiger partial charge in [-0.2, -0.15) is 0 Å². The van der Waals surface area contributed by atoms with Crippen LogP contribution in [0.5, 0.6) is 23.0 Å². The van der Waals surface area contributed by atoms with E-state index in [1.165, 1.54) is 67.2 Å². The first-order valence-corrected chi connectivity index (χ1v) is 16.0. The van der Waals surface area contributed by atoms with Crippen molar-refractivity contribution in [1.82, 2.24) is 0 Å². The Bertz CT molecular complexity index is 1480. The maximum Gasteiger partial charge on any atom is 2.00 e. The second kappa shape index (κ2) is 14.2. The Morgan fingerprint density at radius 3 is 1.17 bits per heavy atom. The second-order valence-electron chi connectivity index (χ2n) is 14.7. The van der Waals surface area contributed by atoms with Gasteiger partial charge < -0.3 is 19.7 Å². The Morgan fingerprint density at radius 1 is 0.609 bits per heavy atom. The zero-order valence-corrected chi connectivity index (χ0v) is 30.6. The predicted molar refractivity (Wildman–Crippen MR) is 183 cm³/mol. The molecule has 2 aliphatic rings. The average molecular weight is 670 g/mol. The van der Waals surface area contributed by atoms with Crippen molar-refractivity contribution < 1.29 is 36.2 Å². The molecule has 0 N–H and O–H groups in total. The molecule has 7 heteroatoms. The smallest absolute Gasteiger partial charge is 0.873 e. The first-order chi connectivity index (χ1) is 21.0. The van der Waals surface area contributed by atoms with Crippen LogP contribution in [-0.2, 0) is 27.3 Å². The molecule has 250 valence electrons. The van der Waals surface area contributed by atoms with E-state index >= 15 is 0 Å². The molecule has 0 amide bonds. The molecule has 0 aliphatic heterocycles. The van der Waals surface area contributed by atoms with Gasteiger partial charge in [0.1, 0.15) is 0 Å². The third-order valence-corrected chi connectivity index (χ3v) is 9.04. The van der Waals surface area contributed by atoms with Crippen LogP contribution in [-0.4, -0.2) is 25.6 Å². The van der Waals surface area contributed by atoms with Gasteiger partial charge in [0.25, 0.3) is 0 Å². The molecule has 2 atom stereocenters. The summed E-state index contributed by atoms with van der Waals surface area (Å²) in [7, 11) is 2.98. The third-order valence-electron chi connectivity index (χ3n) is 9.04. The number of nitrogens with zero attached hydrogens (tertiary/aromatic N) is 2. The maximum atomic E-state index is 12.5. The zero-order valence-electron chi connectivity index (χ0n) is 29.6. The summed E-state index contributed by atoms with van der Waals surface area (Å²) in [5.74, 6) is 0.920. The Kier molecular flexibility index (Phi) is 11.5. The van der Waals surface area contributed by atoms with Gasteiger partial charge in [-0.3, -0.25) is 9.98 Å². The quantitative estimate of drug-likeness (QED) is 0.260. The summed E-state index contributed by atoms with van der Waals surface area (Å²) in [4.78, 5) is 10.3. The van der Waals surface area contributed by atoms with Gasteiger partial charge >= 0.3 is 16.5 Å². The van der Waals surface area contributed by atoms with Gasteiger partial charge in [-0.15, -0.1) is 11.5 Å². The summed E-state index contributed by atoms with van der Waals surface area (Å²) in [6, 6.07) is 12.8. The van der Waals surface area contributed by atoms with Crippen LogP contribution in [0.15, 0.2) is 46.4 Å². The van der Waals surface area contributed by atoms with E-state index in [9.17, 15) is 10.2 Å². The fourth-order valence-electron chi connectivity index (χ4n) is 6.81. The van der Waals surface area contributed by atoms with Crippen molar-refractivity contribution >= 4 is 22.8 Å². The molecule has 5 rings (SSSR count). The van der Waals surface area contributed by atoms with Crippen LogP contribution in [0, 0.1) is 39.5 Å². The van der Waals surface area contributed by atoms with E-state index in [0.717, 1.165) is 11.4 Å². The monoisotopic (exact) mass is 668 g/mol. The molecule has 0 radical (unpaired) electrons. The van der Waals surface area contributed by atoms with Crippen molar-refractivity contribution in [3.63, 3.8) is 0 Å². The molecular weight excluding hydrogens is 619 g/mol. The van der Waals surface area contributed by atoms with Gasteiger partial charge in [0, 0.05) is 11.8 Å². The van der Waals surface area contributed by atoms with Crippen LogP contribution in [0.3, 0.4) is 0 Å². The molecule has 2 bridgehead atoms. The van der Waals surface area contributed by atoms with Crippen molar-refractivity contribution in [2.75, 3.05) is 14.2 Å². The van der Waals surface area contributed by atoms with Gasteiger partial charge in [-0.25, -0.2) is 0 Å². The standard InChI is InChI=1S/C23H26N2.C16H26O4.Ni/c1-14-7-5-8-15(2)20(14)24-22-18-11-12-19(13-18)23(22)25-21-16(3)9-6-10-17(21)4;1-15(2,3)9-11(17)12(18)10(16(4,5)6)14(20-8)13(9)19-7;/h5-10,18-19H,11-13H2,1-4H3;17-18H,1-8H3;/q;;+2/p-2. The fraction of sp³-hybridized carbons (Fsp3) is 0.487. The van der Waals surface area contributed by atoms with Gasteiger partial charge in [0.15, 0.2) is 11.5 Å². The van der Waals surface area contributed by atoms with Crippen LogP contribution in [0.1, 0.15) is 94.2 Å². The summed E-state index contributed by atoms with van der Waals surface area (Å²) in [6.45, 7) is 19.9. The number of aryl methyl sites for hydroxylation is 4. The SMILES string of the molecule is COc1c(OC)c(C(C)(C)C)c([O-])c([O-])c1C(C)(C)C.Cc1cccc(C)c1N=C1C(=Nc2c(C)cccc2C)C2CCC1C2.[Ni+2]. The third kappa shape index (κ3) is 7.30. The minimum absolute atomic E-state index is 0. The molecule has 6 nitrogen and oxygen atoms in total. The van der Waals surface area contributed by atoms with Gasteiger partial charge in [0.05, 0.1) is 37.0 Å². The number of benzene rings is 3. The second-order valence-corrected chi connectivity index (χ2v) is 14.7. The van der Waals surface area contributed by atoms with Gasteiger partial charge in [-0.1, -0.05) is 77.9 Å². The molecule has 2 aliphatic carbocycles. The normalized spacial score (nSPS) is 19.1. The van der Waals surface area contributed by atoms with Gasteiger partial charge in [-0.05, 0) is 91.2 Å². The Balaban J connectivity index is 0.000000252. The first-order valence-electron chi connectivity index (χ1n) is 16.0. The molecule has 3 aromatic rings. The molecule has 0 spiro atoms.